The quantitative estimate of drug-likeness (QED) is 0.387. The van der Waals surface area contributed by atoms with Gasteiger partial charge in [0.15, 0.2) is 0 Å². The van der Waals surface area contributed by atoms with Gasteiger partial charge in [-0.25, -0.2) is 0 Å². The Bertz CT molecular complexity index is 736. The molecule has 0 N–H and O–H groups in total. The second-order valence-corrected chi connectivity index (χ2v) is 9.81. The molecule has 0 atom stereocenters. The highest BCUT2D eigenvalue weighted by Gasteiger charge is 2.43. The zero-order valence-corrected chi connectivity index (χ0v) is 16.2. The fourth-order valence-electron chi connectivity index (χ4n) is 3.35. The monoisotopic (exact) mass is 357 g/mol. The molecule has 1 heteroatoms. The van der Waals surface area contributed by atoms with Crippen molar-refractivity contribution >= 4 is 23.2 Å². The molecule has 0 nitrogen and oxygen atoms in total. The number of hydrogen-bond donors (Lipinski definition) is 0. The highest BCUT2D eigenvalue weighted by Crippen LogP contribution is 2.55. The van der Waals surface area contributed by atoms with Crippen molar-refractivity contribution in [1.82, 2.24) is 0 Å². The minimum Gasteiger partial charge on any atom is -0.0914 e. The van der Waals surface area contributed by atoms with Crippen LogP contribution in [-0.4, -0.2) is 6.16 Å². The highest BCUT2D eigenvalue weighted by atomic mass is 31.2. The molecular weight excluding hydrogens is 331 g/mol. The van der Waals surface area contributed by atoms with Crippen molar-refractivity contribution in [2.75, 3.05) is 6.16 Å². The minimum absolute atomic E-state index is 0.995. The molecule has 0 bridgehead atoms. The third-order valence-corrected chi connectivity index (χ3v) is 8.94. The molecule has 3 aromatic rings. The smallest absolute Gasteiger partial charge is 0.0914 e. The van der Waals surface area contributed by atoms with E-state index in [1.54, 1.807) is 0 Å². The maximum Gasteiger partial charge on any atom is 0.115 e. The summed E-state index contributed by atoms with van der Waals surface area (Å²) in [6.45, 7) is 2.07. The maximum absolute atomic E-state index is 2.38. The van der Waals surface area contributed by atoms with Crippen LogP contribution in [0.25, 0.3) is 0 Å². The van der Waals surface area contributed by atoms with Crippen LogP contribution in [0.4, 0.5) is 0 Å². The first-order valence-electron chi connectivity index (χ1n) is 9.19. The van der Waals surface area contributed by atoms with Gasteiger partial charge in [-0.15, -0.1) is 0 Å². The Labute approximate surface area is 158 Å². The number of benzene rings is 3. The van der Waals surface area contributed by atoms with Gasteiger partial charge in [-0.05, 0) is 49.7 Å². The molecule has 0 fully saturated rings. The predicted octanol–water partition coefficient (Wildman–Crippen LogP) is 5.50. The summed E-state index contributed by atoms with van der Waals surface area (Å²) in [5.74, 6) is 0. The number of hydrogen-bond acceptors (Lipinski definition) is 0. The normalized spacial score (nSPS) is 12.0. The lowest BCUT2D eigenvalue weighted by Crippen LogP contribution is -2.32. The molecule has 130 valence electrons. The Morgan fingerprint density at radius 3 is 1.38 bits per heavy atom. The van der Waals surface area contributed by atoms with E-state index in [9.17, 15) is 0 Å². The largest absolute Gasteiger partial charge is 0.115 e. The van der Waals surface area contributed by atoms with Crippen molar-refractivity contribution in [3.8, 4) is 0 Å². The SMILES string of the molecule is C/C=C/C/C=C/C[P+](c1ccccc1)(c1ccccc1)c1ccccc1. The van der Waals surface area contributed by atoms with Crippen molar-refractivity contribution in [3.05, 3.63) is 115 Å². The molecule has 3 rings (SSSR count). The molecular formula is C25H26P+. The van der Waals surface area contributed by atoms with Gasteiger partial charge in [0, 0.05) is 0 Å². The molecule has 0 aliphatic heterocycles. The summed E-state index contributed by atoms with van der Waals surface area (Å²) in [5.41, 5.74) is 0. The predicted molar refractivity (Wildman–Crippen MR) is 119 cm³/mol. The summed E-state index contributed by atoms with van der Waals surface area (Å²) in [7, 11) is -1.71. The van der Waals surface area contributed by atoms with E-state index < -0.39 is 7.26 Å². The molecule has 0 unspecified atom stereocenters. The molecule has 0 heterocycles. The molecule has 0 spiro atoms. The Hall–Kier alpha value is -2.43. The summed E-state index contributed by atoms with van der Waals surface area (Å²) in [4.78, 5) is 0. The number of rotatable bonds is 7. The van der Waals surface area contributed by atoms with Gasteiger partial charge in [-0.2, -0.15) is 0 Å². The molecule has 0 aromatic heterocycles. The van der Waals surface area contributed by atoms with E-state index in [1.807, 2.05) is 0 Å². The van der Waals surface area contributed by atoms with Gasteiger partial charge in [-0.3, -0.25) is 0 Å². The molecule has 26 heavy (non-hydrogen) atoms. The zero-order chi connectivity index (χ0) is 18.1. The van der Waals surface area contributed by atoms with Gasteiger partial charge < -0.3 is 0 Å². The van der Waals surface area contributed by atoms with Crippen molar-refractivity contribution < 1.29 is 0 Å². The Kier molecular flexibility index (Phi) is 6.58. The van der Waals surface area contributed by atoms with E-state index >= 15 is 0 Å². The standard InChI is InChI=1S/C25H26P/c1-2-3-4-5-15-22-26(23-16-9-6-10-17-23,24-18-11-7-12-19-24)25-20-13-8-14-21-25/h2-3,5-21H,4,22H2,1H3/q+1/b3-2+,15-5+. The average molecular weight is 357 g/mol. The minimum atomic E-state index is -1.71. The molecule has 3 aromatic carbocycles. The first-order chi connectivity index (χ1) is 12.9. The van der Waals surface area contributed by atoms with Crippen LogP contribution in [-0.2, 0) is 0 Å². The van der Waals surface area contributed by atoms with E-state index in [2.05, 4.69) is 122 Å². The van der Waals surface area contributed by atoms with Gasteiger partial charge in [-0.1, -0.05) is 78.9 Å². The lowest BCUT2D eigenvalue weighted by molar-refractivity contribution is 1.36. The summed E-state index contributed by atoms with van der Waals surface area (Å²) in [5, 5.41) is 4.31. The topological polar surface area (TPSA) is 0 Å². The molecule has 0 aliphatic rings. The van der Waals surface area contributed by atoms with Crippen molar-refractivity contribution in [2.45, 2.75) is 13.3 Å². The molecule has 0 amide bonds. The highest BCUT2D eigenvalue weighted by molar-refractivity contribution is 7.95. The van der Waals surface area contributed by atoms with E-state index in [4.69, 9.17) is 0 Å². The number of allylic oxidation sites excluding steroid dienone is 4. The zero-order valence-electron chi connectivity index (χ0n) is 15.3. The van der Waals surface area contributed by atoms with Crippen molar-refractivity contribution in [2.24, 2.45) is 0 Å². The third kappa shape index (κ3) is 4.03. The van der Waals surface area contributed by atoms with Crippen molar-refractivity contribution in [1.29, 1.82) is 0 Å². The first-order valence-corrected chi connectivity index (χ1v) is 11.2. The van der Waals surface area contributed by atoms with Gasteiger partial charge in [0.25, 0.3) is 0 Å². The third-order valence-electron chi connectivity index (χ3n) is 4.64. The van der Waals surface area contributed by atoms with Gasteiger partial charge in [0.05, 0.1) is 6.16 Å². The fraction of sp³-hybridized carbons (Fsp3) is 0.120. The van der Waals surface area contributed by atoms with E-state index in [0.717, 1.165) is 12.6 Å². The molecule has 0 saturated heterocycles. The first kappa shape index (κ1) is 18.4. The molecule has 0 aliphatic carbocycles. The lowest BCUT2D eigenvalue weighted by Gasteiger charge is -2.26. The lowest BCUT2D eigenvalue weighted by atomic mass is 10.3. The molecule has 0 radical (unpaired) electrons. The van der Waals surface area contributed by atoms with Crippen LogP contribution in [0.2, 0.25) is 0 Å². The van der Waals surface area contributed by atoms with E-state index in [-0.39, 0.29) is 0 Å². The molecule has 0 saturated carbocycles. The second-order valence-electron chi connectivity index (χ2n) is 6.28. The van der Waals surface area contributed by atoms with Gasteiger partial charge >= 0.3 is 0 Å². The maximum atomic E-state index is 2.38. The van der Waals surface area contributed by atoms with Crippen LogP contribution in [0, 0.1) is 0 Å². The Morgan fingerprint density at radius 2 is 1.00 bits per heavy atom. The average Bonchev–Trinajstić information content (AvgIpc) is 2.73. The summed E-state index contributed by atoms with van der Waals surface area (Å²) in [6.07, 6.45) is 11.0. The Morgan fingerprint density at radius 1 is 0.577 bits per heavy atom. The summed E-state index contributed by atoms with van der Waals surface area (Å²) in [6, 6.07) is 33.1. The van der Waals surface area contributed by atoms with Crippen LogP contribution in [0.5, 0.6) is 0 Å². The fourth-order valence-corrected chi connectivity index (χ4v) is 7.39. The van der Waals surface area contributed by atoms with Crippen LogP contribution in [0.15, 0.2) is 115 Å². The van der Waals surface area contributed by atoms with Gasteiger partial charge in [0.1, 0.15) is 23.2 Å². The summed E-state index contributed by atoms with van der Waals surface area (Å²) >= 11 is 0. The van der Waals surface area contributed by atoms with Crippen LogP contribution in [0.1, 0.15) is 13.3 Å². The van der Waals surface area contributed by atoms with E-state index in [0.29, 0.717) is 0 Å². The van der Waals surface area contributed by atoms with Crippen LogP contribution < -0.4 is 15.9 Å². The summed E-state index contributed by atoms with van der Waals surface area (Å²) < 4.78 is 0. The second kappa shape index (κ2) is 9.32. The van der Waals surface area contributed by atoms with Gasteiger partial charge in [0.2, 0.25) is 0 Å². The Balaban J connectivity index is 2.16. The van der Waals surface area contributed by atoms with Crippen molar-refractivity contribution in [3.63, 3.8) is 0 Å². The van der Waals surface area contributed by atoms with Crippen LogP contribution >= 0.6 is 7.26 Å². The van der Waals surface area contributed by atoms with Crippen LogP contribution in [0.3, 0.4) is 0 Å². The van der Waals surface area contributed by atoms with E-state index in [1.165, 1.54) is 15.9 Å².